The molecule has 1 unspecified atom stereocenters. The number of amides is 1. The summed E-state index contributed by atoms with van der Waals surface area (Å²) in [6.45, 7) is 3.83. The zero-order chi connectivity index (χ0) is 16.0. The van der Waals surface area contributed by atoms with E-state index in [-0.39, 0.29) is 11.9 Å². The van der Waals surface area contributed by atoms with Gasteiger partial charge in [-0.15, -0.1) is 0 Å². The quantitative estimate of drug-likeness (QED) is 0.671. The topological polar surface area (TPSA) is 91.8 Å². The Hall–Kier alpha value is -2.74. The van der Waals surface area contributed by atoms with E-state index in [0.29, 0.717) is 17.3 Å². The number of aryl methyl sites for hydroxylation is 1. The highest BCUT2D eigenvalue weighted by molar-refractivity contribution is 7.22. The number of carbonyl (C=O) groups excluding carboxylic acids is 1. The molecule has 7 nitrogen and oxygen atoms in total. The number of anilines is 4. The number of benzene rings is 1. The van der Waals surface area contributed by atoms with Crippen LogP contribution < -0.4 is 16.0 Å². The average Bonchev–Trinajstić information content (AvgIpc) is 2.90. The van der Waals surface area contributed by atoms with Crippen molar-refractivity contribution in [2.24, 2.45) is 0 Å². The number of hydrogen-bond acceptors (Lipinski definition) is 7. The Morgan fingerprint density at radius 2 is 2.17 bits per heavy atom. The first kappa shape index (κ1) is 13.9. The van der Waals surface area contributed by atoms with Crippen molar-refractivity contribution in [1.82, 2.24) is 15.0 Å². The van der Waals surface area contributed by atoms with E-state index < -0.39 is 0 Å². The van der Waals surface area contributed by atoms with Gasteiger partial charge >= 0.3 is 0 Å². The van der Waals surface area contributed by atoms with Gasteiger partial charge in [0, 0.05) is 0 Å². The Morgan fingerprint density at radius 3 is 3.04 bits per heavy atom. The highest BCUT2D eigenvalue weighted by atomic mass is 32.1. The van der Waals surface area contributed by atoms with E-state index >= 15 is 0 Å². The van der Waals surface area contributed by atoms with E-state index in [0.717, 1.165) is 15.3 Å². The van der Waals surface area contributed by atoms with E-state index in [4.69, 9.17) is 0 Å². The summed E-state index contributed by atoms with van der Waals surface area (Å²) in [7, 11) is 0. The van der Waals surface area contributed by atoms with Crippen LogP contribution in [0.25, 0.3) is 10.2 Å². The molecule has 8 heteroatoms. The van der Waals surface area contributed by atoms with Gasteiger partial charge in [0.1, 0.15) is 18.1 Å². The third-order valence-electron chi connectivity index (χ3n) is 3.61. The average molecular weight is 326 g/mol. The lowest BCUT2D eigenvalue weighted by atomic mass is 10.2. The monoisotopic (exact) mass is 326 g/mol. The number of nitrogens with zero attached hydrogens (tertiary/aromatic N) is 3. The van der Waals surface area contributed by atoms with Crippen molar-refractivity contribution in [3.63, 3.8) is 0 Å². The number of aromatic nitrogens is 3. The van der Waals surface area contributed by atoms with Crippen molar-refractivity contribution in [3.05, 3.63) is 30.1 Å². The molecule has 116 valence electrons. The number of carbonyl (C=O) groups is 1. The highest BCUT2D eigenvalue weighted by Gasteiger charge is 2.25. The van der Waals surface area contributed by atoms with Gasteiger partial charge in [0.15, 0.2) is 16.8 Å². The molecule has 1 aliphatic rings. The second-order valence-corrected chi connectivity index (χ2v) is 6.45. The second-order valence-electron chi connectivity index (χ2n) is 5.42. The zero-order valence-electron chi connectivity index (χ0n) is 12.5. The molecule has 0 saturated heterocycles. The van der Waals surface area contributed by atoms with E-state index in [9.17, 15) is 4.79 Å². The van der Waals surface area contributed by atoms with Gasteiger partial charge in [0.25, 0.3) is 0 Å². The van der Waals surface area contributed by atoms with Gasteiger partial charge in [0.05, 0.1) is 10.2 Å². The first-order valence-corrected chi connectivity index (χ1v) is 7.98. The summed E-state index contributed by atoms with van der Waals surface area (Å²) >= 11 is 1.54. The number of fused-ring (bicyclic) bond motifs is 2. The highest BCUT2D eigenvalue weighted by Crippen LogP contribution is 2.34. The Kier molecular flexibility index (Phi) is 3.12. The largest absolute Gasteiger partial charge is 0.357 e. The van der Waals surface area contributed by atoms with E-state index in [2.05, 4.69) is 43.9 Å². The molecule has 1 aliphatic heterocycles. The third-order valence-corrected chi connectivity index (χ3v) is 4.54. The van der Waals surface area contributed by atoms with Crippen molar-refractivity contribution in [1.29, 1.82) is 0 Å². The zero-order valence-corrected chi connectivity index (χ0v) is 13.4. The van der Waals surface area contributed by atoms with Gasteiger partial charge in [0.2, 0.25) is 5.91 Å². The molecule has 2 aromatic heterocycles. The molecule has 3 heterocycles. The van der Waals surface area contributed by atoms with Crippen molar-refractivity contribution >= 4 is 49.9 Å². The maximum atomic E-state index is 11.9. The number of rotatable bonds is 2. The van der Waals surface area contributed by atoms with Crippen LogP contribution in [0.2, 0.25) is 0 Å². The summed E-state index contributed by atoms with van der Waals surface area (Å²) in [6.07, 6.45) is 1.45. The van der Waals surface area contributed by atoms with Gasteiger partial charge in [-0.2, -0.15) is 0 Å². The number of nitrogens with one attached hydrogen (secondary N) is 3. The van der Waals surface area contributed by atoms with Crippen LogP contribution in [-0.2, 0) is 4.79 Å². The Balaban J connectivity index is 1.71. The molecule has 1 aromatic carbocycles. The first-order valence-electron chi connectivity index (χ1n) is 7.17. The third kappa shape index (κ3) is 2.46. The van der Waals surface area contributed by atoms with Gasteiger partial charge in [-0.1, -0.05) is 17.4 Å². The lowest BCUT2D eigenvalue weighted by Crippen LogP contribution is -2.37. The first-order chi connectivity index (χ1) is 11.1. The maximum Gasteiger partial charge on any atom is 0.246 e. The van der Waals surface area contributed by atoms with Crippen molar-refractivity contribution < 1.29 is 4.79 Å². The van der Waals surface area contributed by atoms with Gasteiger partial charge in [-0.25, -0.2) is 15.0 Å². The van der Waals surface area contributed by atoms with Crippen LogP contribution in [0.3, 0.4) is 0 Å². The van der Waals surface area contributed by atoms with E-state index in [1.165, 1.54) is 11.9 Å². The molecule has 0 fully saturated rings. The summed E-state index contributed by atoms with van der Waals surface area (Å²) in [5, 5.41) is 9.78. The Morgan fingerprint density at radius 1 is 1.30 bits per heavy atom. The second kappa shape index (κ2) is 5.17. The minimum Gasteiger partial charge on any atom is -0.357 e. The lowest BCUT2D eigenvalue weighted by molar-refractivity contribution is -0.116. The molecule has 1 atom stereocenters. The maximum absolute atomic E-state index is 11.9. The standard InChI is InChI=1S/C15H14N6OS/c1-7-3-4-9-10(5-7)23-15(19-9)21-13-11-12(16-6-17-13)18-8(2)14(22)20-11/h3-6,8H,1-2H3,(H,20,22)(H2,16,17,18,19,21). The molecule has 3 aromatic rings. The SMILES string of the molecule is Cc1ccc2nc(Nc3ncnc4c3NC(=O)C(C)N4)sc2c1. The molecule has 0 aliphatic carbocycles. The summed E-state index contributed by atoms with van der Waals surface area (Å²) in [5.41, 5.74) is 2.67. The van der Waals surface area contributed by atoms with Gasteiger partial charge in [-0.05, 0) is 31.5 Å². The van der Waals surface area contributed by atoms with Crippen LogP contribution >= 0.6 is 11.3 Å². The van der Waals surface area contributed by atoms with Crippen LogP contribution in [0.15, 0.2) is 24.5 Å². The van der Waals surface area contributed by atoms with Crippen molar-refractivity contribution in [2.45, 2.75) is 19.9 Å². The van der Waals surface area contributed by atoms with Crippen LogP contribution in [0, 0.1) is 6.92 Å². The van der Waals surface area contributed by atoms with Gasteiger partial charge < -0.3 is 16.0 Å². The van der Waals surface area contributed by atoms with Crippen LogP contribution in [0.5, 0.6) is 0 Å². The summed E-state index contributed by atoms with van der Waals surface area (Å²) in [6, 6.07) is 5.80. The molecular formula is C15H14N6OS. The normalized spacial score (nSPS) is 16.6. The molecule has 0 spiro atoms. The predicted octanol–water partition coefficient (Wildman–Crippen LogP) is 2.89. The number of hydrogen-bond donors (Lipinski definition) is 3. The minimum absolute atomic E-state index is 0.115. The van der Waals surface area contributed by atoms with Crippen molar-refractivity contribution in [2.75, 3.05) is 16.0 Å². The molecule has 4 rings (SSSR count). The fourth-order valence-corrected chi connectivity index (χ4v) is 3.36. The molecule has 0 radical (unpaired) electrons. The molecular weight excluding hydrogens is 312 g/mol. The molecule has 3 N–H and O–H groups in total. The molecule has 1 amide bonds. The summed E-state index contributed by atoms with van der Waals surface area (Å²) in [5.74, 6) is 1.01. The minimum atomic E-state index is -0.323. The van der Waals surface area contributed by atoms with E-state index in [1.807, 2.05) is 12.1 Å². The smallest absolute Gasteiger partial charge is 0.246 e. The summed E-state index contributed by atoms with van der Waals surface area (Å²) in [4.78, 5) is 24.8. The van der Waals surface area contributed by atoms with E-state index in [1.54, 1.807) is 18.3 Å². The van der Waals surface area contributed by atoms with Crippen LogP contribution in [0.1, 0.15) is 12.5 Å². The lowest BCUT2D eigenvalue weighted by Gasteiger charge is -2.24. The Bertz CT molecular complexity index is 921. The van der Waals surface area contributed by atoms with Crippen LogP contribution in [-0.4, -0.2) is 26.9 Å². The van der Waals surface area contributed by atoms with Gasteiger partial charge in [-0.3, -0.25) is 4.79 Å². The number of thiazole rings is 1. The van der Waals surface area contributed by atoms with Crippen LogP contribution in [0.4, 0.5) is 22.5 Å². The fourth-order valence-electron chi connectivity index (χ4n) is 2.40. The Labute approximate surface area is 136 Å². The fraction of sp³-hybridized carbons (Fsp3) is 0.200. The molecule has 23 heavy (non-hydrogen) atoms. The molecule has 0 bridgehead atoms. The van der Waals surface area contributed by atoms with Crippen molar-refractivity contribution in [3.8, 4) is 0 Å². The summed E-state index contributed by atoms with van der Waals surface area (Å²) < 4.78 is 1.10. The molecule has 0 saturated carbocycles. The predicted molar refractivity (Wildman–Crippen MR) is 91.4 cm³/mol.